The van der Waals surface area contributed by atoms with Crippen molar-refractivity contribution in [3.8, 4) is 0 Å². The Labute approximate surface area is 95.8 Å². The smallest absolute Gasteiger partial charge is 0.243 e. The number of hydrogen-bond acceptors (Lipinski definition) is 4. The molecule has 0 bridgehead atoms. The van der Waals surface area contributed by atoms with Crippen molar-refractivity contribution in [3.63, 3.8) is 0 Å². The van der Waals surface area contributed by atoms with Gasteiger partial charge in [-0.1, -0.05) is 11.6 Å². The third kappa shape index (κ3) is 2.37. The Morgan fingerprint density at radius 2 is 2.00 bits per heavy atom. The summed E-state index contributed by atoms with van der Waals surface area (Å²) >= 11 is 7.15. The first-order chi connectivity index (χ1) is 7.16. The first kappa shape index (κ1) is 10.6. The number of thiophene rings is 1. The zero-order chi connectivity index (χ0) is 10.8. The molecule has 0 aliphatic carbocycles. The standard InChI is InChI=1S/C9H9ClN2O2S/c10-7-2-1-6(15-7)5-12-8(13)3-11-4-9(12)14/h1-2,11H,3-5H2. The van der Waals surface area contributed by atoms with Crippen molar-refractivity contribution in [3.05, 3.63) is 21.3 Å². The van der Waals surface area contributed by atoms with Gasteiger partial charge in [0, 0.05) is 4.88 Å². The van der Waals surface area contributed by atoms with Crippen LogP contribution in [0.25, 0.3) is 0 Å². The number of amides is 2. The molecule has 1 aliphatic rings. The molecular formula is C9H9ClN2O2S. The van der Waals surface area contributed by atoms with E-state index in [1.165, 1.54) is 16.2 Å². The van der Waals surface area contributed by atoms with Crippen molar-refractivity contribution in [1.82, 2.24) is 10.2 Å². The minimum atomic E-state index is -0.184. The topological polar surface area (TPSA) is 49.4 Å². The van der Waals surface area contributed by atoms with Crippen molar-refractivity contribution in [2.45, 2.75) is 6.54 Å². The van der Waals surface area contributed by atoms with E-state index in [4.69, 9.17) is 11.6 Å². The van der Waals surface area contributed by atoms with Crippen LogP contribution in [0.4, 0.5) is 0 Å². The first-order valence-corrected chi connectivity index (χ1v) is 5.64. The van der Waals surface area contributed by atoms with Gasteiger partial charge < -0.3 is 0 Å². The highest BCUT2D eigenvalue weighted by atomic mass is 35.5. The first-order valence-electron chi connectivity index (χ1n) is 4.45. The van der Waals surface area contributed by atoms with E-state index in [2.05, 4.69) is 5.32 Å². The summed E-state index contributed by atoms with van der Waals surface area (Å²) in [4.78, 5) is 25.0. The van der Waals surface area contributed by atoms with Crippen LogP contribution in [0, 0.1) is 0 Å². The molecule has 0 atom stereocenters. The summed E-state index contributed by atoms with van der Waals surface area (Å²) in [6.45, 7) is 0.784. The summed E-state index contributed by atoms with van der Waals surface area (Å²) in [7, 11) is 0. The SMILES string of the molecule is O=C1CNCC(=O)N1Cc1ccc(Cl)s1. The molecule has 2 heterocycles. The van der Waals surface area contributed by atoms with E-state index in [9.17, 15) is 9.59 Å². The van der Waals surface area contributed by atoms with Gasteiger partial charge in [-0.3, -0.25) is 19.8 Å². The predicted octanol–water partition coefficient (Wildman–Crippen LogP) is 0.860. The van der Waals surface area contributed by atoms with Gasteiger partial charge in [-0.25, -0.2) is 0 Å². The molecule has 4 nitrogen and oxygen atoms in total. The lowest BCUT2D eigenvalue weighted by Crippen LogP contribution is -2.51. The van der Waals surface area contributed by atoms with Crippen LogP contribution in [0.3, 0.4) is 0 Å². The Bertz CT molecular complexity index is 389. The van der Waals surface area contributed by atoms with Gasteiger partial charge in [0.2, 0.25) is 11.8 Å². The summed E-state index contributed by atoms with van der Waals surface area (Å²) in [5.74, 6) is -0.369. The van der Waals surface area contributed by atoms with E-state index in [0.29, 0.717) is 10.9 Å². The van der Waals surface area contributed by atoms with Gasteiger partial charge in [-0.15, -0.1) is 11.3 Å². The van der Waals surface area contributed by atoms with Crippen LogP contribution >= 0.6 is 22.9 Å². The molecule has 0 saturated carbocycles. The molecule has 1 aromatic heterocycles. The summed E-state index contributed by atoms with van der Waals surface area (Å²) in [5.41, 5.74) is 0. The lowest BCUT2D eigenvalue weighted by Gasteiger charge is -2.24. The summed E-state index contributed by atoms with van der Waals surface area (Å²) in [6.07, 6.45) is 0. The van der Waals surface area contributed by atoms with Crippen molar-refractivity contribution in [2.24, 2.45) is 0 Å². The van der Waals surface area contributed by atoms with Crippen LogP contribution in [0.15, 0.2) is 12.1 Å². The number of hydrogen-bond donors (Lipinski definition) is 1. The second kappa shape index (κ2) is 4.30. The zero-order valence-electron chi connectivity index (χ0n) is 7.83. The van der Waals surface area contributed by atoms with E-state index in [1.807, 2.05) is 6.07 Å². The van der Waals surface area contributed by atoms with Gasteiger partial charge in [0.05, 0.1) is 24.0 Å². The largest absolute Gasteiger partial charge is 0.300 e. The zero-order valence-corrected chi connectivity index (χ0v) is 9.40. The van der Waals surface area contributed by atoms with Crippen LogP contribution in [-0.4, -0.2) is 29.8 Å². The quantitative estimate of drug-likeness (QED) is 0.785. The Hall–Kier alpha value is -0.910. The number of nitrogens with zero attached hydrogens (tertiary/aromatic N) is 1. The maximum absolute atomic E-state index is 11.4. The minimum Gasteiger partial charge on any atom is -0.300 e. The molecular weight excluding hydrogens is 236 g/mol. The third-order valence-electron chi connectivity index (χ3n) is 2.10. The summed E-state index contributed by atoms with van der Waals surface area (Å²) in [5, 5.41) is 2.74. The highest BCUT2D eigenvalue weighted by Crippen LogP contribution is 2.22. The molecule has 0 unspecified atom stereocenters. The minimum absolute atomic E-state index is 0.184. The summed E-state index contributed by atoms with van der Waals surface area (Å²) in [6, 6.07) is 3.59. The number of halogens is 1. The Morgan fingerprint density at radius 3 is 2.53 bits per heavy atom. The lowest BCUT2D eigenvalue weighted by molar-refractivity contribution is -0.147. The van der Waals surface area contributed by atoms with Gasteiger partial charge in [-0.05, 0) is 12.1 Å². The lowest BCUT2D eigenvalue weighted by atomic mass is 10.3. The number of carbonyl (C=O) groups excluding carboxylic acids is 2. The number of nitrogens with one attached hydrogen (secondary N) is 1. The fourth-order valence-corrected chi connectivity index (χ4v) is 2.45. The molecule has 1 fully saturated rings. The second-order valence-electron chi connectivity index (χ2n) is 3.18. The molecule has 0 spiro atoms. The predicted molar refractivity (Wildman–Crippen MR) is 57.8 cm³/mol. The molecule has 1 aromatic rings. The maximum atomic E-state index is 11.4. The van der Waals surface area contributed by atoms with E-state index in [0.717, 1.165) is 4.88 Å². The maximum Gasteiger partial charge on any atom is 0.243 e. The monoisotopic (exact) mass is 244 g/mol. The van der Waals surface area contributed by atoms with Gasteiger partial charge in [0.15, 0.2) is 0 Å². The van der Waals surface area contributed by atoms with Crippen LogP contribution in [0.2, 0.25) is 4.34 Å². The highest BCUT2D eigenvalue weighted by Gasteiger charge is 2.25. The van der Waals surface area contributed by atoms with Crippen molar-refractivity contribution in [1.29, 1.82) is 0 Å². The molecule has 6 heteroatoms. The molecule has 0 aromatic carbocycles. The number of carbonyl (C=O) groups is 2. The molecule has 1 saturated heterocycles. The third-order valence-corrected chi connectivity index (χ3v) is 3.31. The molecule has 1 aliphatic heterocycles. The average molecular weight is 245 g/mol. The molecule has 1 N–H and O–H groups in total. The highest BCUT2D eigenvalue weighted by molar-refractivity contribution is 7.16. The van der Waals surface area contributed by atoms with Crippen molar-refractivity contribution in [2.75, 3.05) is 13.1 Å². The second-order valence-corrected chi connectivity index (χ2v) is 4.98. The normalized spacial score (nSPS) is 17.3. The Balaban J connectivity index is 2.09. The average Bonchev–Trinajstić information content (AvgIpc) is 2.58. The molecule has 80 valence electrons. The molecule has 2 amide bonds. The Kier molecular flexibility index (Phi) is 3.04. The fourth-order valence-electron chi connectivity index (χ4n) is 1.38. The van der Waals surface area contributed by atoms with E-state index >= 15 is 0 Å². The molecule has 15 heavy (non-hydrogen) atoms. The van der Waals surface area contributed by atoms with Gasteiger partial charge >= 0.3 is 0 Å². The van der Waals surface area contributed by atoms with Gasteiger partial charge in [0.1, 0.15) is 0 Å². The molecule has 0 radical (unpaired) electrons. The van der Waals surface area contributed by atoms with Gasteiger partial charge in [-0.2, -0.15) is 0 Å². The van der Waals surface area contributed by atoms with Crippen LogP contribution in [-0.2, 0) is 16.1 Å². The van der Waals surface area contributed by atoms with Crippen LogP contribution in [0.1, 0.15) is 4.88 Å². The van der Waals surface area contributed by atoms with E-state index < -0.39 is 0 Å². The van der Waals surface area contributed by atoms with Gasteiger partial charge in [0.25, 0.3) is 0 Å². The van der Waals surface area contributed by atoms with Crippen LogP contribution < -0.4 is 5.32 Å². The number of piperazine rings is 1. The molecule has 2 rings (SSSR count). The van der Waals surface area contributed by atoms with E-state index in [1.54, 1.807) is 6.07 Å². The number of imide groups is 1. The number of rotatable bonds is 2. The Morgan fingerprint density at radius 1 is 1.33 bits per heavy atom. The van der Waals surface area contributed by atoms with E-state index in [-0.39, 0.29) is 24.9 Å². The van der Waals surface area contributed by atoms with Crippen LogP contribution in [0.5, 0.6) is 0 Å². The summed E-state index contributed by atoms with van der Waals surface area (Å²) < 4.78 is 0.667. The van der Waals surface area contributed by atoms with Crippen molar-refractivity contribution >= 4 is 34.8 Å². The van der Waals surface area contributed by atoms with Crippen molar-refractivity contribution < 1.29 is 9.59 Å². The fraction of sp³-hybridized carbons (Fsp3) is 0.333.